The third kappa shape index (κ3) is 4.99. The predicted octanol–water partition coefficient (Wildman–Crippen LogP) is 3.81. The van der Waals surface area contributed by atoms with Gasteiger partial charge in [0, 0.05) is 10.6 Å². The zero-order chi connectivity index (χ0) is 20.1. The Kier molecular flexibility index (Phi) is 5.81. The number of furan rings is 1. The monoisotopic (exact) mass is 417 g/mol. The molecule has 1 heterocycles. The van der Waals surface area contributed by atoms with Crippen LogP contribution in [-0.4, -0.2) is 20.5 Å². The van der Waals surface area contributed by atoms with Crippen LogP contribution in [0.1, 0.15) is 21.9 Å². The highest BCUT2D eigenvalue weighted by Crippen LogP contribution is 2.20. The van der Waals surface area contributed by atoms with Crippen LogP contribution in [-0.2, 0) is 10.0 Å². The normalized spacial score (nSPS) is 11.5. The van der Waals surface area contributed by atoms with E-state index in [1.54, 1.807) is 37.3 Å². The largest absolute Gasteiger partial charge is 0.460 e. The van der Waals surface area contributed by atoms with E-state index in [9.17, 15) is 13.2 Å². The van der Waals surface area contributed by atoms with E-state index in [0.717, 1.165) is 5.76 Å². The van der Waals surface area contributed by atoms with Crippen LogP contribution >= 0.6 is 11.6 Å². The summed E-state index contributed by atoms with van der Waals surface area (Å²) in [6.45, 7) is 1.79. The predicted molar refractivity (Wildman–Crippen MR) is 107 cm³/mol. The average Bonchev–Trinajstić information content (AvgIpc) is 3.06. The van der Waals surface area contributed by atoms with Crippen LogP contribution in [0.4, 0.5) is 5.69 Å². The van der Waals surface area contributed by atoms with Crippen LogP contribution in [0, 0.1) is 6.92 Å². The second-order valence-electron chi connectivity index (χ2n) is 5.79. The van der Waals surface area contributed by atoms with Gasteiger partial charge in [0.1, 0.15) is 11.5 Å². The number of rotatable bonds is 6. The molecule has 0 saturated heterocycles. The van der Waals surface area contributed by atoms with E-state index < -0.39 is 15.9 Å². The van der Waals surface area contributed by atoms with Crippen molar-refractivity contribution in [2.24, 2.45) is 5.10 Å². The van der Waals surface area contributed by atoms with Crippen molar-refractivity contribution in [3.05, 3.63) is 82.8 Å². The zero-order valence-electron chi connectivity index (χ0n) is 14.7. The molecule has 9 heteroatoms. The van der Waals surface area contributed by atoms with Gasteiger partial charge in [0.15, 0.2) is 0 Å². The minimum atomic E-state index is -3.89. The Hall–Kier alpha value is -3.10. The summed E-state index contributed by atoms with van der Waals surface area (Å²) in [5, 5.41) is 4.20. The summed E-state index contributed by atoms with van der Waals surface area (Å²) in [6, 6.07) is 15.4. The Morgan fingerprint density at radius 1 is 1.11 bits per heavy atom. The smallest absolute Gasteiger partial charge is 0.271 e. The molecule has 0 aliphatic rings. The van der Waals surface area contributed by atoms with E-state index in [1.807, 2.05) is 0 Å². The van der Waals surface area contributed by atoms with Gasteiger partial charge in [-0.25, -0.2) is 13.8 Å². The SMILES string of the molecule is Cc1ccc(C=NNC(=O)c2cccc(S(=O)(=O)Nc3cccc(Cl)c3)c2)o1. The molecule has 0 aliphatic carbocycles. The molecular weight excluding hydrogens is 402 g/mol. The maximum atomic E-state index is 12.6. The third-order valence-corrected chi connectivity index (χ3v) is 5.22. The standard InChI is InChI=1S/C19H16ClN3O4S/c1-13-8-9-17(27-13)12-21-22-19(24)14-4-2-7-18(10-14)28(25,26)23-16-6-3-5-15(20)11-16/h2-12,23H,1H3,(H,22,24). The van der Waals surface area contributed by atoms with Crippen LogP contribution in [0.25, 0.3) is 0 Å². The van der Waals surface area contributed by atoms with Gasteiger partial charge in [-0.15, -0.1) is 0 Å². The molecule has 0 atom stereocenters. The van der Waals surface area contributed by atoms with Crippen molar-refractivity contribution in [3.8, 4) is 0 Å². The minimum Gasteiger partial charge on any atom is -0.460 e. The number of hydrazone groups is 1. The molecule has 0 bridgehead atoms. The molecule has 0 unspecified atom stereocenters. The molecule has 144 valence electrons. The number of halogens is 1. The van der Waals surface area contributed by atoms with Crippen molar-refractivity contribution in [1.82, 2.24) is 5.43 Å². The van der Waals surface area contributed by atoms with Gasteiger partial charge in [0.05, 0.1) is 16.8 Å². The zero-order valence-corrected chi connectivity index (χ0v) is 16.3. The van der Waals surface area contributed by atoms with Gasteiger partial charge >= 0.3 is 0 Å². The highest BCUT2D eigenvalue weighted by Gasteiger charge is 2.16. The first-order valence-corrected chi connectivity index (χ1v) is 9.98. The number of amides is 1. The molecule has 2 aromatic carbocycles. The van der Waals surface area contributed by atoms with Gasteiger partial charge < -0.3 is 4.42 Å². The number of hydrogen-bond donors (Lipinski definition) is 2. The Bertz CT molecular complexity index is 1140. The summed E-state index contributed by atoms with van der Waals surface area (Å²) in [4.78, 5) is 12.2. The maximum absolute atomic E-state index is 12.6. The van der Waals surface area contributed by atoms with Crippen LogP contribution in [0.3, 0.4) is 0 Å². The number of carbonyl (C=O) groups is 1. The lowest BCUT2D eigenvalue weighted by Gasteiger charge is -2.09. The fourth-order valence-corrected chi connectivity index (χ4v) is 3.60. The first-order valence-electron chi connectivity index (χ1n) is 8.12. The maximum Gasteiger partial charge on any atom is 0.271 e. The Labute approximate surface area is 167 Å². The first-order chi connectivity index (χ1) is 13.3. The summed E-state index contributed by atoms with van der Waals surface area (Å²) in [5.74, 6) is 0.650. The number of benzene rings is 2. The van der Waals surface area contributed by atoms with Crippen molar-refractivity contribution < 1.29 is 17.6 Å². The van der Waals surface area contributed by atoms with E-state index >= 15 is 0 Å². The van der Waals surface area contributed by atoms with E-state index in [1.165, 1.54) is 36.5 Å². The first kappa shape index (κ1) is 19.7. The minimum absolute atomic E-state index is 0.0641. The van der Waals surface area contributed by atoms with Crippen LogP contribution in [0.5, 0.6) is 0 Å². The number of carbonyl (C=O) groups excluding carboxylic acids is 1. The van der Waals surface area contributed by atoms with Gasteiger partial charge in [-0.2, -0.15) is 5.10 Å². The molecule has 0 saturated carbocycles. The van der Waals surface area contributed by atoms with E-state index in [2.05, 4.69) is 15.2 Å². The summed E-state index contributed by atoms with van der Waals surface area (Å²) in [6.07, 6.45) is 1.35. The van der Waals surface area contributed by atoms with Gasteiger partial charge in [0.2, 0.25) is 0 Å². The van der Waals surface area contributed by atoms with Crippen molar-refractivity contribution in [1.29, 1.82) is 0 Å². The number of anilines is 1. The van der Waals surface area contributed by atoms with Crippen LogP contribution in [0.2, 0.25) is 5.02 Å². The number of nitrogens with zero attached hydrogens (tertiary/aromatic N) is 1. The highest BCUT2D eigenvalue weighted by molar-refractivity contribution is 7.92. The quantitative estimate of drug-likeness (QED) is 0.470. The van der Waals surface area contributed by atoms with Crippen molar-refractivity contribution in [3.63, 3.8) is 0 Å². The number of hydrogen-bond acceptors (Lipinski definition) is 5. The molecule has 0 spiro atoms. The van der Waals surface area contributed by atoms with Gasteiger partial charge in [-0.3, -0.25) is 9.52 Å². The number of sulfonamides is 1. The summed E-state index contributed by atoms with van der Waals surface area (Å²) in [7, 11) is -3.89. The molecule has 7 nitrogen and oxygen atoms in total. The summed E-state index contributed by atoms with van der Waals surface area (Å²) < 4.78 is 32.8. The van der Waals surface area contributed by atoms with Gasteiger partial charge in [-0.05, 0) is 55.5 Å². The van der Waals surface area contributed by atoms with Crippen molar-refractivity contribution >= 4 is 39.4 Å². The molecule has 28 heavy (non-hydrogen) atoms. The molecule has 3 aromatic rings. The third-order valence-electron chi connectivity index (χ3n) is 3.60. The molecule has 3 rings (SSSR count). The van der Waals surface area contributed by atoms with Crippen molar-refractivity contribution in [2.75, 3.05) is 4.72 Å². The number of aryl methyl sites for hydroxylation is 1. The molecule has 0 fully saturated rings. The second-order valence-corrected chi connectivity index (χ2v) is 7.91. The average molecular weight is 418 g/mol. The lowest BCUT2D eigenvalue weighted by atomic mass is 10.2. The fourth-order valence-electron chi connectivity index (χ4n) is 2.31. The fraction of sp³-hybridized carbons (Fsp3) is 0.0526. The van der Waals surface area contributed by atoms with Crippen LogP contribution < -0.4 is 10.1 Å². The van der Waals surface area contributed by atoms with E-state index in [0.29, 0.717) is 16.5 Å². The lowest BCUT2D eigenvalue weighted by Crippen LogP contribution is -2.19. The highest BCUT2D eigenvalue weighted by atomic mass is 35.5. The molecule has 1 aromatic heterocycles. The molecule has 0 radical (unpaired) electrons. The Balaban J connectivity index is 1.73. The Morgan fingerprint density at radius 3 is 2.61 bits per heavy atom. The molecular formula is C19H16ClN3O4S. The lowest BCUT2D eigenvalue weighted by molar-refractivity contribution is 0.0955. The topological polar surface area (TPSA) is 101 Å². The molecule has 2 N–H and O–H groups in total. The number of nitrogens with one attached hydrogen (secondary N) is 2. The van der Waals surface area contributed by atoms with E-state index in [-0.39, 0.29) is 10.5 Å². The molecule has 1 amide bonds. The van der Waals surface area contributed by atoms with Crippen molar-refractivity contribution in [2.45, 2.75) is 11.8 Å². The summed E-state index contributed by atoms with van der Waals surface area (Å²) >= 11 is 5.87. The van der Waals surface area contributed by atoms with E-state index in [4.69, 9.17) is 16.0 Å². The summed E-state index contributed by atoms with van der Waals surface area (Å²) in [5.41, 5.74) is 2.79. The van der Waals surface area contributed by atoms with Gasteiger partial charge in [-0.1, -0.05) is 23.7 Å². The Morgan fingerprint density at radius 2 is 1.89 bits per heavy atom. The van der Waals surface area contributed by atoms with Gasteiger partial charge in [0.25, 0.3) is 15.9 Å². The van der Waals surface area contributed by atoms with Crippen LogP contribution in [0.15, 0.2) is 75.1 Å². The molecule has 0 aliphatic heterocycles. The second kappa shape index (κ2) is 8.28.